The zero-order valence-corrected chi connectivity index (χ0v) is 26.2. The quantitative estimate of drug-likeness (QED) is 0.227. The molecule has 0 saturated carbocycles. The van der Waals surface area contributed by atoms with Gasteiger partial charge in [-0.1, -0.05) is 49.2 Å². The smallest absolute Gasteiger partial charge is 0.324 e. The lowest BCUT2D eigenvalue weighted by molar-refractivity contribution is -0.137. The summed E-state index contributed by atoms with van der Waals surface area (Å²) in [7, 11) is 0. The number of hydrogen-bond donors (Lipinski definition) is 0. The molecule has 2 aliphatic heterocycles. The van der Waals surface area contributed by atoms with Crippen molar-refractivity contribution in [3.05, 3.63) is 122 Å². The van der Waals surface area contributed by atoms with Crippen molar-refractivity contribution in [2.45, 2.75) is 50.9 Å². The number of carbonyl (C=O) groups excluding carboxylic acids is 3. The van der Waals surface area contributed by atoms with Gasteiger partial charge in [-0.05, 0) is 59.7 Å². The number of ketones is 1. The van der Waals surface area contributed by atoms with Gasteiger partial charge >= 0.3 is 6.18 Å². The summed E-state index contributed by atoms with van der Waals surface area (Å²) in [5, 5.41) is 0.504. The van der Waals surface area contributed by atoms with E-state index in [0.717, 1.165) is 12.3 Å². The molecule has 0 N–H and O–H groups in total. The maximum absolute atomic E-state index is 13.9. The molecule has 0 saturated heterocycles. The van der Waals surface area contributed by atoms with Crippen molar-refractivity contribution in [3.8, 4) is 0 Å². The maximum atomic E-state index is 13.9. The van der Waals surface area contributed by atoms with Crippen LogP contribution in [-0.2, 0) is 35.8 Å². The summed E-state index contributed by atoms with van der Waals surface area (Å²) in [6.07, 6.45) is -2.00. The van der Waals surface area contributed by atoms with E-state index >= 15 is 0 Å². The fourth-order valence-corrected chi connectivity index (χ4v) is 6.52. The molecule has 0 aliphatic carbocycles. The topological polar surface area (TPSA) is 83.5 Å². The Bertz CT molecular complexity index is 1880. The molecule has 12 heteroatoms. The molecular formula is C34H27Cl2F3N4O3. The normalized spacial score (nSPS) is 17.5. The van der Waals surface area contributed by atoms with Gasteiger partial charge in [-0.15, -0.1) is 0 Å². The van der Waals surface area contributed by atoms with E-state index in [0.29, 0.717) is 33.0 Å². The van der Waals surface area contributed by atoms with E-state index in [1.54, 1.807) is 62.5 Å². The number of pyridine rings is 2. The minimum Gasteiger partial charge on any atom is -0.324 e. The Morgan fingerprint density at radius 1 is 1.02 bits per heavy atom. The minimum atomic E-state index is -4.57. The standard InChI is InChI=1S/C34H27Cl2F3N4O3/c1-33(2)18-43(30-26(33)14-21(16-41-30)34(37,38)39)32(46)25-8-6-19(11-27(25)36)17-42-28(15-23-5-3-4-10-40-23)29(44)13-20-12-22(35)7-9-24(20)31(42)45/h3-12,14,16,28H,13,15,17-18H2,1-2H3/t28-/m1/s1. The van der Waals surface area contributed by atoms with Crippen molar-refractivity contribution in [1.82, 2.24) is 14.9 Å². The lowest BCUT2D eigenvalue weighted by Crippen LogP contribution is -2.45. The van der Waals surface area contributed by atoms with Crippen LogP contribution < -0.4 is 4.90 Å². The first-order valence-electron chi connectivity index (χ1n) is 14.4. The molecule has 1 atom stereocenters. The summed E-state index contributed by atoms with van der Waals surface area (Å²) in [5.74, 6) is -0.896. The lowest BCUT2D eigenvalue weighted by atomic mass is 9.87. The number of amides is 2. The number of carbonyl (C=O) groups is 3. The summed E-state index contributed by atoms with van der Waals surface area (Å²) in [6, 6.07) is 15.1. The highest BCUT2D eigenvalue weighted by molar-refractivity contribution is 6.34. The predicted octanol–water partition coefficient (Wildman–Crippen LogP) is 7.12. The van der Waals surface area contributed by atoms with Crippen LogP contribution >= 0.6 is 23.2 Å². The summed E-state index contributed by atoms with van der Waals surface area (Å²) in [6.45, 7) is 3.62. The molecule has 2 aliphatic rings. The van der Waals surface area contributed by atoms with Crippen molar-refractivity contribution < 1.29 is 27.6 Å². The summed E-state index contributed by atoms with van der Waals surface area (Å²) < 4.78 is 40.2. The average Bonchev–Trinajstić information content (AvgIpc) is 3.23. The van der Waals surface area contributed by atoms with Crippen LogP contribution in [-0.4, -0.2) is 45.1 Å². The zero-order chi connectivity index (χ0) is 33.0. The van der Waals surface area contributed by atoms with E-state index in [9.17, 15) is 27.6 Å². The number of anilines is 1. The first-order valence-corrected chi connectivity index (χ1v) is 15.2. The van der Waals surface area contributed by atoms with Crippen LogP contribution in [0.25, 0.3) is 0 Å². The van der Waals surface area contributed by atoms with E-state index in [1.165, 1.54) is 15.9 Å². The fraction of sp³-hybridized carbons (Fsp3) is 0.265. The second kappa shape index (κ2) is 11.8. The Morgan fingerprint density at radius 3 is 2.50 bits per heavy atom. The molecule has 2 aromatic carbocycles. The van der Waals surface area contributed by atoms with E-state index in [4.69, 9.17) is 23.2 Å². The van der Waals surface area contributed by atoms with Crippen molar-refractivity contribution in [1.29, 1.82) is 0 Å². The number of rotatable bonds is 5. The third kappa shape index (κ3) is 5.99. The van der Waals surface area contributed by atoms with Crippen molar-refractivity contribution >= 4 is 46.6 Å². The van der Waals surface area contributed by atoms with E-state index in [-0.39, 0.29) is 54.0 Å². The molecular weight excluding hydrogens is 640 g/mol. The first-order chi connectivity index (χ1) is 21.7. The summed E-state index contributed by atoms with van der Waals surface area (Å²) in [4.78, 5) is 52.5. The molecule has 2 aromatic heterocycles. The van der Waals surface area contributed by atoms with Gasteiger partial charge in [0.25, 0.3) is 11.8 Å². The fourth-order valence-electron chi connectivity index (χ4n) is 6.04. The van der Waals surface area contributed by atoms with Gasteiger partial charge in [-0.3, -0.25) is 24.3 Å². The Labute approximate surface area is 273 Å². The number of fused-ring (bicyclic) bond motifs is 2. The van der Waals surface area contributed by atoms with Gasteiger partial charge in [0.05, 0.1) is 22.2 Å². The van der Waals surface area contributed by atoms with Gasteiger partial charge < -0.3 is 4.90 Å². The Kier molecular flexibility index (Phi) is 8.14. The number of alkyl halides is 3. The largest absolute Gasteiger partial charge is 0.417 e. The summed E-state index contributed by atoms with van der Waals surface area (Å²) in [5.41, 5.74) is 0.897. The van der Waals surface area contributed by atoms with Gasteiger partial charge in [0.2, 0.25) is 0 Å². The molecule has 0 bridgehead atoms. The molecule has 4 aromatic rings. The highest BCUT2D eigenvalue weighted by atomic mass is 35.5. The maximum Gasteiger partial charge on any atom is 0.417 e. The van der Waals surface area contributed by atoms with Crippen molar-refractivity contribution in [2.24, 2.45) is 0 Å². The molecule has 46 heavy (non-hydrogen) atoms. The minimum absolute atomic E-state index is 0.0136. The second-order valence-electron chi connectivity index (χ2n) is 12.1. The summed E-state index contributed by atoms with van der Waals surface area (Å²) >= 11 is 12.8. The highest BCUT2D eigenvalue weighted by Crippen LogP contribution is 2.43. The molecule has 0 spiro atoms. The third-order valence-electron chi connectivity index (χ3n) is 8.39. The van der Waals surface area contributed by atoms with Crippen LogP contribution in [0.2, 0.25) is 10.0 Å². The van der Waals surface area contributed by atoms with E-state index in [2.05, 4.69) is 9.97 Å². The second-order valence-corrected chi connectivity index (χ2v) is 12.9. The van der Waals surface area contributed by atoms with Gasteiger partial charge in [0.15, 0.2) is 5.78 Å². The zero-order valence-electron chi connectivity index (χ0n) is 24.7. The SMILES string of the molecule is CC1(C)CN(C(=O)c2ccc(CN3C(=O)c4ccc(Cl)cc4CC(=O)[C@H]3Cc3ccccn3)cc2Cl)c2ncc(C(F)(F)F)cc21. The number of hydrogen-bond acceptors (Lipinski definition) is 5. The van der Waals surface area contributed by atoms with Crippen LogP contribution in [0.4, 0.5) is 19.0 Å². The number of benzene rings is 2. The van der Waals surface area contributed by atoms with Gasteiger partial charge in [-0.25, -0.2) is 4.98 Å². The molecule has 2 amide bonds. The Morgan fingerprint density at radius 2 is 1.80 bits per heavy atom. The average molecular weight is 668 g/mol. The van der Waals surface area contributed by atoms with Crippen LogP contribution in [0.1, 0.15) is 62.5 Å². The van der Waals surface area contributed by atoms with Crippen molar-refractivity contribution in [2.75, 3.05) is 11.4 Å². The van der Waals surface area contributed by atoms with Gasteiger partial charge in [0.1, 0.15) is 5.82 Å². The molecule has 6 rings (SSSR count). The highest BCUT2D eigenvalue weighted by Gasteiger charge is 2.43. The van der Waals surface area contributed by atoms with Crippen molar-refractivity contribution in [3.63, 3.8) is 0 Å². The lowest BCUT2D eigenvalue weighted by Gasteiger charge is -2.29. The Balaban J connectivity index is 1.31. The molecule has 4 heterocycles. The predicted molar refractivity (Wildman–Crippen MR) is 167 cm³/mol. The van der Waals surface area contributed by atoms with Gasteiger partial charge in [-0.2, -0.15) is 13.2 Å². The molecule has 236 valence electrons. The number of aromatic nitrogens is 2. The third-order valence-corrected chi connectivity index (χ3v) is 8.94. The monoisotopic (exact) mass is 666 g/mol. The first kappa shape index (κ1) is 31.7. The molecule has 0 fully saturated rings. The van der Waals surface area contributed by atoms with Crippen LogP contribution in [0.3, 0.4) is 0 Å². The Hall–Kier alpha value is -4.28. The van der Waals surface area contributed by atoms with E-state index < -0.39 is 29.1 Å². The van der Waals surface area contributed by atoms with Crippen LogP contribution in [0, 0.1) is 0 Å². The number of halogens is 5. The number of nitrogens with zero attached hydrogens (tertiary/aromatic N) is 4. The number of Topliss-reactive ketones (excluding diaryl/α,β-unsaturated/α-hetero) is 1. The molecule has 0 radical (unpaired) electrons. The molecule has 0 unspecified atom stereocenters. The van der Waals surface area contributed by atoms with Crippen LogP contribution in [0.5, 0.6) is 0 Å². The van der Waals surface area contributed by atoms with Crippen LogP contribution in [0.15, 0.2) is 73.1 Å². The van der Waals surface area contributed by atoms with E-state index in [1.807, 2.05) is 6.07 Å². The molecule has 7 nitrogen and oxygen atoms in total. The van der Waals surface area contributed by atoms with Gasteiger partial charge in [0, 0.05) is 65.6 Å².